The van der Waals surface area contributed by atoms with E-state index < -0.39 is 5.60 Å². The van der Waals surface area contributed by atoms with Crippen LogP contribution in [0.5, 0.6) is 0 Å². The van der Waals surface area contributed by atoms with E-state index in [1.54, 1.807) is 17.3 Å². The molecule has 2 rings (SSSR count). The highest BCUT2D eigenvalue weighted by Crippen LogP contribution is 2.31. The lowest BCUT2D eigenvalue weighted by molar-refractivity contribution is 0.0130. The Morgan fingerprint density at radius 2 is 2.08 bits per heavy atom. The maximum atomic E-state index is 12.4. The maximum absolute atomic E-state index is 12.4. The standard InChI is InChI=1S/C17H24N4O2S/c1-12-10-21(16(22)23-17(3,4)5)13(2)9-20(12)15-6-7-18-8-14(15)19-11-24/h6-8,12-13H,9-10H2,1-5H3/t12-,13-/m0/s1. The van der Waals surface area contributed by atoms with Crippen molar-refractivity contribution in [3.8, 4) is 0 Å². The monoisotopic (exact) mass is 348 g/mol. The van der Waals surface area contributed by atoms with Gasteiger partial charge in [0.15, 0.2) is 0 Å². The molecule has 24 heavy (non-hydrogen) atoms. The lowest BCUT2D eigenvalue weighted by atomic mass is 10.1. The molecule has 1 saturated heterocycles. The molecule has 0 aromatic carbocycles. The van der Waals surface area contributed by atoms with Gasteiger partial charge in [-0.25, -0.2) is 4.79 Å². The number of hydrogen-bond acceptors (Lipinski definition) is 6. The van der Waals surface area contributed by atoms with Crippen LogP contribution in [0.1, 0.15) is 34.6 Å². The van der Waals surface area contributed by atoms with E-state index in [-0.39, 0.29) is 18.2 Å². The summed E-state index contributed by atoms with van der Waals surface area (Å²) in [6.07, 6.45) is 3.13. The largest absolute Gasteiger partial charge is 0.444 e. The van der Waals surface area contributed by atoms with Crippen molar-refractivity contribution in [1.29, 1.82) is 0 Å². The minimum Gasteiger partial charge on any atom is -0.444 e. The first-order chi connectivity index (χ1) is 11.2. The highest BCUT2D eigenvalue weighted by atomic mass is 32.1. The summed E-state index contributed by atoms with van der Waals surface area (Å²) in [6, 6.07) is 2.06. The summed E-state index contributed by atoms with van der Waals surface area (Å²) in [7, 11) is 0. The van der Waals surface area contributed by atoms with Gasteiger partial charge in [0.05, 0.1) is 17.0 Å². The Balaban J connectivity index is 2.19. The Morgan fingerprint density at radius 3 is 2.71 bits per heavy atom. The van der Waals surface area contributed by atoms with Crippen LogP contribution in [-0.4, -0.2) is 51.9 Å². The zero-order chi connectivity index (χ0) is 17.9. The predicted molar refractivity (Wildman–Crippen MR) is 98.1 cm³/mol. The molecule has 0 N–H and O–H groups in total. The Labute approximate surface area is 148 Å². The van der Waals surface area contributed by atoms with Crippen molar-refractivity contribution in [2.45, 2.75) is 52.3 Å². The normalized spacial score (nSPS) is 21.2. The van der Waals surface area contributed by atoms with Gasteiger partial charge < -0.3 is 14.5 Å². The number of isothiocyanates is 1. The fourth-order valence-corrected chi connectivity index (χ4v) is 2.89. The molecule has 1 amide bonds. The number of ether oxygens (including phenoxy) is 1. The van der Waals surface area contributed by atoms with Crippen molar-refractivity contribution in [3.05, 3.63) is 18.5 Å². The maximum Gasteiger partial charge on any atom is 0.410 e. The van der Waals surface area contributed by atoms with E-state index in [9.17, 15) is 4.79 Å². The number of anilines is 1. The molecule has 1 aliphatic rings. The Kier molecular flexibility index (Phi) is 5.57. The second-order valence-corrected chi connectivity index (χ2v) is 7.23. The molecule has 0 spiro atoms. The molecular weight excluding hydrogens is 324 g/mol. The van der Waals surface area contributed by atoms with E-state index in [2.05, 4.69) is 27.0 Å². The molecule has 6 nitrogen and oxygen atoms in total. The first-order valence-corrected chi connectivity index (χ1v) is 8.42. The van der Waals surface area contributed by atoms with Crippen molar-refractivity contribution >= 4 is 34.8 Å². The smallest absolute Gasteiger partial charge is 0.410 e. The molecule has 1 fully saturated rings. The summed E-state index contributed by atoms with van der Waals surface area (Å²) in [6.45, 7) is 11.0. The van der Waals surface area contributed by atoms with Crippen LogP contribution in [0.3, 0.4) is 0 Å². The summed E-state index contributed by atoms with van der Waals surface area (Å²) < 4.78 is 5.52. The molecule has 1 aromatic heterocycles. The SMILES string of the molecule is C[C@H]1CN(c2ccncc2N=C=S)[C@@H](C)CN1C(=O)OC(C)(C)C. The van der Waals surface area contributed by atoms with E-state index in [0.717, 1.165) is 5.69 Å². The van der Waals surface area contributed by atoms with Gasteiger partial charge in [-0.15, -0.1) is 0 Å². The van der Waals surface area contributed by atoms with Gasteiger partial charge in [0.25, 0.3) is 0 Å². The van der Waals surface area contributed by atoms with Crippen molar-refractivity contribution in [2.24, 2.45) is 4.99 Å². The van der Waals surface area contributed by atoms with Crippen LogP contribution in [-0.2, 0) is 4.74 Å². The van der Waals surface area contributed by atoms with E-state index in [0.29, 0.717) is 18.8 Å². The molecule has 0 aliphatic carbocycles. The topological polar surface area (TPSA) is 58.0 Å². The van der Waals surface area contributed by atoms with Gasteiger partial charge in [-0.2, -0.15) is 4.99 Å². The van der Waals surface area contributed by atoms with Crippen molar-refractivity contribution in [3.63, 3.8) is 0 Å². The number of piperazine rings is 1. The van der Waals surface area contributed by atoms with Gasteiger partial charge in [-0.3, -0.25) is 4.98 Å². The molecule has 0 unspecified atom stereocenters. The van der Waals surface area contributed by atoms with Crippen molar-refractivity contribution in [2.75, 3.05) is 18.0 Å². The van der Waals surface area contributed by atoms with Crippen LogP contribution in [0.2, 0.25) is 0 Å². The quantitative estimate of drug-likeness (QED) is 0.603. The number of aliphatic imine (C=N–C) groups is 1. The number of nitrogens with zero attached hydrogens (tertiary/aromatic N) is 4. The first kappa shape index (κ1) is 18.4. The van der Waals surface area contributed by atoms with Gasteiger partial charge in [0, 0.05) is 31.4 Å². The Bertz CT molecular complexity index is 652. The molecule has 7 heteroatoms. The second kappa shape index (κ2) is 7.28. The number of thiocarbonyl (C=S) groups is 1. The highest BCUT2D eigenvalue weighted by Gasteiger charge is 2.35. The Morgan fingerprint density at radius 1 is 1.38 bits per heavy atom. The highest BCUT2D eigenvalue weighted by molar-refractivity contribution is 7.78. The van der Waals surface area contributed by atoms with Crippen LogP contribution in [0, 0.1) is 0 Å². The van der Waals surface area contributed by atoms with Gasteiger partial charge in [0.1, 0.15) is 11.3 Å². The summed E-state index contributed by atoms with van der Waals surface area (Å²) in [5.74, 6) is 0. The average Bonchev–Trinajstić information content (AvgIpc) is 2.48. The van der Waals surface area contributed by atoms with Gasteiger partial charge in [-0.1, -0.05) is 0 Å². The average molecular weight is 348 g/mol. The third kappa shape index (κ3) is 4.30. The van der Waals surface area contributed by atoms with E-state index >= 15 is 0 Å². The minimum atomic E-state index is -0.497. The summed E-state index contributed by atoms with van der Waals surface area (Å²) in [5.41, 5.74) is 1.14. The van der Waals surface area contributed by atoms with Crippen molar-refractivity contribution in [1.82, 2.24) is 9.88 Å². The van der Waals surface area contributed by atoms with Crippen LogP contribution in [0.25, 0.3) is 0 Å². The number of carbonyl (C=O) groups is 1. The molecule has 130 valence electrons. The number of aromatic nitrogens is 1. The zero-order valence-electron chi connectivity index (χ0n) is 14.8. The fraction of sp³-hybridized carbons (Fsp3) is 0.588. The lowest BCUT2D eigenvalue weighted by Gasteiger charge is -2.45. The summed E-state index contributed by atoms with van der Waals surface area (Å²) in [5, 5.41) is 2.40. The number of rotatable bonds is 2. The zero-order valence-corrected chi connectivity index (χ0v) is 15.6. The van der Waals surface area contributed by atoms with E-state index in [1.807, 2.05) is 33.8 Å². The molecule has 2 heterocycles. The van der Waals surface area contributed by atoms with Crippen LogP contribution >= 0.6 is 12.2 Å². The van der Waals surface area contributed by atoms with Gasteiger partial charge in [0.2, 0.25) is 0 Å². The number of amides is 1. The first-order valence-electron chi connectivity index (χ1n) is 8.01. The molecular formula is C17H24N4O2S. The predicted octanol–water partition coefficient (Wildman–Crippen LogP) is 3.65. The molecule has 0 saturated carbocycles. The van der Waals surface area contributed by atoms with Gasteiger partial charge >= 0.3 is 6.09 Å². The van der Waals surface area contributed by atoms with Crippen LogP contribution < -0.4 is 4.90 Å². The Hall–Kier alpha value is -1.98. The third-order valence-corrected chi connectivity index (χ3v) is 3.96. The van der Waals surface area contributed by atoms with Crippen LogP contribution in [0.4, 0.5) is 16.2 Å². The number of pyridine rings is 1. The molecule has 1 aromatic rings. The number of hydrogen-bond donors (Lipinski definition) is 0. The lowest BCUT2D eigenvalue weighted by Crippen LogP contribution is -2.59. The van der Waals surface area contributed by atoms with E-state index in [4.69, 9.17) is 17.0 Å². The third-order valence-electron chi connectivity index (χ3n) is 3.87. The summed E-state index contributed by atoms with van der Waals surface area (Å²) in [4.78, 5) is 24.6. The fourth-order valence-electron chi connectivity index (χ4n) is 2.79. The van der Waals surface area contributed by atoms with E-state index in [1.165, 1.54) is 0 Å². The van der Waals surface area contributed by atoms with Crippen molar-refractivity contribution < 1.29 is 9.53 Å². The molecule has 2 atom stereocenters. The molecule has 1 aliphatic heterocycles. The molecule has 0 radical (unpaired) electrons. The van der Waals surface area contributed by atoms with Gasteiger partial charge in [-0.05, 0) is 52.9 Å². The molecule has 0 bridgehead atoms. The number of carbonyl (C=O) groups excluding carboxylic acids is 1. The van der Waals surface area contributed by atoms with Crippen LogP contribution in [0.15, 0.2) is 23.5 Å². The summed E-state index contributed by atoms with van der Waals surface area (Å²) >= 11 is 4.72. The second-order valence-electron chi connectivity index (χ2n) is 7.05. The minimum absolute atomic E-state index is 0.0218.